The molecule has 3 rings (SSSR count). The van der Waals surface area contributed by atoms with E-state index < -0.39 is 0 Å². The summed E-state index contributed by atoms with van der Waals surface area (Å²) in [5, 5.41) is 9.14. The number of aryl methyl sites for hydroxylation is 1. The summed E-state index contributed by atoms with van der Waals surface area (Å²) in [7, 11) is 0. The van der Waals surface area contributed by atoms with Crippen molar-refractivity contribution in [3.8, 4) is 0 Å². The largest absolute Gasteiger partial charge is 0.302 e. The lowest BCUT2D eigenvalue weighted by atomic mass is 10.2. The summed E-state index contributed by atoms with van der Waals surface area (Å²) >= 11 is 0. The fourth-order valence-corrected chi connectivity index (χ4v) is 2.84. The van der Waals surface area contributed by atoms with Crippen molar-refractivity contribution in [2.75, 3.05) is 19.6 Å². The SMILES string of the molecule is CCN(CC)CCn1c(C)nc2c(nnc3ccccc32)c1=O. The third-order valence-corrected chi connectivity index (χ3v) is 4.29. The van der Waals surface area contributed by atoms with Gasteiger partial charge in [0.25, 0.3) is 5.56 Å². The first-order valence-corrected chi connectivity index (χ1v) is 8.00. The summed E-state index contributed by atoms with van der Waals surface area (Å²) < 4.78 is 1.70. The minimum Gasteiger partial charge on any atom is -0.302 e. The molecule has 6 nitrogen and oxygen atoms in total. The van der Waals surface area contributed by atoms with Gasteiger partial charge in [-0.2, -0.15) is 0 Å². The number of fused-ring (bicyclic) bond motifs is 3. The summed E-state index contributed by atoms with van der Waals surface area (Å²) in [5.74, 6) is 0.716. The van der Waals surface area contributed by atoms with Gasteiger partial charge in [0.15, 0.2) is 5.52 Å². The molecule has 23 heavy (non-hydrogen) atoms. The summed E-state index contributed by atoms with van der Waals surface area (Å²) in [6.07, 6.45) is 0. The van der Waals surface area contributed by atoms with Crippen molar-refractivity contribution in [3.05, 3.63) is 40.4 Å². The molecule has 0 spiro atoms. The average Bonchev–Trinajstić information content (AvgIpc) is 2.58. The highest BCUT2D eigenvalue weighted by atomic mass is 16.1. The number of hydrogen-bond acceptors (Lipinski definition) is 5. The maximum Gasteiger partial charge on any atom is 0.282 e. The Bertz CT molecular complexity index is 899. The van der Waals surface area contributed by atoms with Gasteiger partial charge in [-0.1, -0.05) is 32.0 Å². The molecule has 0 saturated heterocycles. The lowest BCUT2D eigenvalue weighted by Crippen LogP contribution is -2.32. The Labute approximate surface area is 134 Å². The number of benzene rings is 1. The molecule has 0 atom stereocenters. The van der Waals surface area contributed by atoms with E-state index in [9.17, 15) is 4.79 Å². The van der Waals surface area contributed by atoms with Crippen LogP contribution in [-0.2, 0) is 6.54 Å². The van der Waals surface area contributed by atoms with Crippen LogP contribution in [0.2, 0.25) is 0 Å². The second-order valence-electron chi connectivity index (χ2n) is 5.56. The Morgan fingerprint density at radius 1 is 1.09 bits per heavy atom. The molecular formula is C17H21N5O. The Kier molecular flexibility index (Phi) is 4.34. The van der Waals surface area contributed by atoms with E-state index in [0.29, 0.717) is 23.4 Å². The van der Waals surface area contributed by atoms with E-state index in [2.05, 4.69) is 33.9 Å². The van der Waals surface area contributed by atoms with Gasteiger partial charge >= 0.3 is 0 Å². The van der Waals surface area contributed by atoms with Crippen LogP contribution in [0, 0.1) is 6.92 Å². The molecule has 0 fully saturated rings. The smallest absolute Gasteiger partial charge is 0.282 e. The van der Waals surface area contributed by atoms with Crippen LogP contribution in [-0.4, -0.2) is 44.3 Å². The molecule has 2 aromatic heterocycles. The predicted octanol–water partition coefficient (Wildman–Crippen LogP) is 1.99. The van der Waals surface area contributed by atoms with Gasteiger partial charge in [-0.15, -0.1) is 10.2 Å². The van der Waals surface area contributed by atoms with Crippen molar-refractivity contribution in [1.29, 1.82) is 0 Å². The lowest BCUT2D eigenvalue weighted by Gasteiger charge is -2.19. The predicted molar refractivity (Wildman–Crippen MR) is 91.6 cm³/mol. The normalized spacial score (nSPS) is 11.7. The van der Waals surface area contributed by atoms with Crippen LogP contribution in [0.5, 0.6) is 0 Å². The number of hydrogen-bond donors (Lipinski definition) is 0. The molecule has 0 radical (unpaired) electrons. The quantitative estimate of drug-likeness (QED) is 0.674. The van der Waals surface area contributed by atoms with Gasteiger partial charge in [0, 0.05) is 18.5 Å². The number of rotatable bonds is 5. The van der Waals surface area contributed by atoms with Crippen LogP contribution >= 0.6 is 0 Å². The van der Waals surface area contributed by atoms with Crippen LogP contribution in [0.1, 0.15) is 19.7 Å². The van der Waals surface area contributed by atoms with Crippen molar-refractivity contribution < 1.29 is 0 Å². The Balaban J connectivity index is 2.11. The molecule has 0 aliphatic rings. The Morgan fingerprint density at radius 2 is 1.83 bits per heavy atom. The zero-order valence-electron chi connectivity index (χ0n) is 13.8. The molecule has 0 saturated carbocycles. The van der Waals surface area contributed by atoms with Gasteiger partial charge in [0.1, 0.15) is 11.3 Å². The fraction of sp³-hybridized carbons (Fsp3) is 0.412. The van der Waals surface area contributed by atoms with Crippen LogP contribution in [0.15, 0.2) is 29.1 Å². The number of nitrogens with zero attached hydrogens (tertiary/aromatic N) is 5. The second-order valence-corrected chi connectivity index (χ2v) is 5.56. The minimum atomic E-state index is -0.113. The van der Waals surface area contributed by atoms with Crippen molar-refractivity contribution in [2.24, 2.45) is 0 Å². The zero-order valence-corrected chi connectivity index (χ0v) is 13.8. The molecular weight excluding hydrogens is 290 g/mol. The van der Waals surface area contributed by atoms with E-state index in [1.54, 1.807) is 4.57 Å². The van der Waals surface area contributed by atoms with Crippen molar-refractivity contribution in [1.82, 2.24) is 24.6 Å². The molecule has 2 heterocycles. The summed E-state index contributed by atoms with van der Waals surface area (Å²) in [4.78, 5) is 19.7. The minimum absolute atomic E-state index is 0.113. The van der Waals surface area contributed by atoms with Gasteiger partial charge in [-0.05, 0) is 26.1 Å². The molecule has 0 aliphatic carbocycles. The molecule has 1 aromatic carbocycles. The van der Waals surface area contributed by atoms with Gasteiger partial charge in [-0.25, -0.2) is 4.98 Å². The van der Waals surface area contributed by atoms with E-state index in [1.165, 1.54) is 0 Å². The topological polar surface area (TPSA) is 63.9 Å². The van der Waals surface area contributed by atoms with Crippen LogP contribution < -0.4 is 5.56 Å². The molecule has 0 N–H and O–H groups in total. The number of likely N-dealkylation sites (N-methyl/N-ethyl adjacent to an activating group) is 1. The lowest BCUT2D eigenvalue weighted by molar-refractivity contribution is 0.287. The fourth-order valence-electron chi connectivity index (χ4n) is 2.84. The first-order valence-electron chi connectivity index (χ1n) is 8.00. The van der Waals surface area contributed by atoms with E-state index in [4.69, 9.17) is 0 Å². The van der Waals surface area contributed by atoms with Crippen LogP contribution in [0.4, 0.5) is 0 Å². The molecule has 120 valence electrons. The second kappa shape index (κ2) is 6.42. The first-order chi connectivity index (χ1) is 11.2. The molecule has 0 bridgehead atoms. The standard InChI is InChI=1S/C17H21N5O/c1-4-21(5-2)10-11-22-12(3)18-15-13-8-6-7-9-14(13)19-20-16(15)17(22)23/h6-9H,4-5,10-11H2,1-3H3. The summed E-state index contributed by atoms with van der Waals surface area (Å²) in [5.41, 5.74) is 1.62. The number of aromatic nitrogens is 4. The van der Waals surface area contributed by atoms with Gasteiger partial charge in [0.2, 0.25) is 0 Å². The average molecular weight is 311 g/mol. The molecule has 0 amide bonds. The highest BCUT2D eigenvalue weighted by molar-refractivity contribution is 6.00. The third-order valence-electron chi connectivity index (χ3n) is 4.29. The molecule has 0 unspecified atom stereocenters. The maximum atomic E-state index is 12.8. The highest BCUT2D eigenvalue weighted by Gasteiger charge is 2.13. The van der Waals surface area contributed by atoms with Crippen molar-refractivity contribution in [2.45, 2.75) is 27.3 Å². The molecule has 6 heteroatoms. The van der Waals surface area contributed by atoms with E-state index >= 15 is 0 Å². The van der Waals surface area contributed by atoms with E-state index in [1.807, 2.05) is 31.2 Å². The van der Waals surface area contributed by atoms with Crippen LogP contribution in [0.3, 0.4) is 0 Å². The molecule has 3 aromatic rings. The monoisotopic (exact) mass is 311 g/mol. The molecule has 0 aliphatic heterocycles. The van der Waals surface area contributed by atoms with Crippen molar-refractivity contribution >= 4 is 21.9 Å². The summed E-state index contributed by atoms with van der Waals surface area (Å²) in [6, 6.07) is 7.64. The van der Waals surface area contributed by atoms with Gasteiger partial charge in [-0.3, -0.25) is 9.36 Å². The first kappa shape index (κ1) is 15.6. The Morgan fingerprint density at radius 3 is 2.57 bits per heavy atom. The van der Waals surface area contributed by atoms with Crippen LogP contribution in [0.25, 0.3) is 21.9 Å². The highest BCUT2D eigenvalue weighted by Crippen LogP contribution is 2.17. The third kappa shape index (κ3) is 2.82. The van der Waals surface area contributed by atoms with Crippen molar-refractivity contribution in [3.63, 3.8) is 0 Å². The maximum absolute atomic E-state index is 12.8. The van der Waals surface area contributed by atoms with Gasteiger partial charge in [0.05, 0.1) is 5.52 Å². The van der Waals surface area contributed by atoms with E-state index in [0.717, 1.165) is 30.5 Å². The summed E-state index contributed by atoms with van der Waals surface area (Å²) in [6.45, 7) is 9.49. The zero-order chi connectivity index (χ0) is 16.4. The Hall–Kier alpha value is -2.34. The van der Waals surface area contributed by atoms with Gasteiger partial charge < -0.3 is 4.90 Å². The van der Waals surface area contributed by atoms with E-state index in [-0.39, 0.29) is 5.56 Å².